The molecule has 0 aromatic carbocycles. The summed E-state index contributed by atoms with van der Waals surface area (Å²) in [5.41, 5.74) is 1.43. The van der Waals surface area contributed by atoms with E-state index in [2.05, 4.69) is 18.5 Å². The summed E-state index contributed by atoms with van der Waals surface area (Å²) in [5, 5.41) is 1.92. The Labute approximate surface area is 103 Å². The van der Waals surface area contributed by atoms with Gasteiger partial charge in [0, 0.05) is 18.8 Å². The van der Waals surface area contributed by atoms with Crippen molar-refractivity contribution in [3.05, 3.63) is 0 Å². The van der Waals surface area contributed by atoms with Gasteiger partial charge in [-0.25, -0.2) is 0 Å². The van der Waals surface area contributed by atoms with Crippen LogP contribution in [-0.4, -0.2) is 34.4 Å². The second-order valence-corrected chi connectivity index (χ2v) is 5.83. The number of rotatable bonds is 2. The van der Waals surface area contributed by atoms with Gasteiger partial charge in [0.1, 0.15) is 5.92 Å². The summed E-state index contributed by atoms with van der Waals surface area (Å²) in [6, 6.07) is 0.501. The Bertz CT molecular complexity index is 382. The molecular weight excluding hydrogens is 212 g/mol. The highest BCUT2D eigenvalue weighted by Gasteiger charge is 2.64. The Morgan fingerprint density at radius 2 is 1.94 bits per heavy atom. The third kappa shape index (κ3) is 1.34. The molecule has 2 saturated carbocycles. The summed E-state index contributed by atoms with van der Waals surface area (Å²) in [7, 11) is 1.96. The van der Waals surface area contributed by atoms with E-state index in [1.165, 1.54) is 25.0 Å². The first-order valence-corrected chi connectivity index (χ1v) is 7.10. The minimum atomic E-state index is 0.312. The van der Waals surface area contributed by atoms with Gasteiger partial charge in [0.05, 0.1) is 7.05 Å². The molecule has 1 aliphatic heterocycles. The second kappa shape index (κ2) is 3.82. The quantitative estimate of drug-likeness (QED) is 0.672. The van der Waals surface area contributed by atoms with Crippen LogP contribution in [0.25, 0.3) is 0 Å². The lowest BCUT2D eigenvalue weighted by Gasteiger charge is -2.18. The van der Waals surface area contributed by atoms with Gasteiger partial charge in [0.15, 0.2) is 11.8 Å². The Kier molecular flexibility index (Phi) is 2.53. The van der Waals surface area contributed by atoms with Crippen LogP contribution in [0, 0.1) is 17.8 Å². The molecular formula is C14H23N2O+. The standard InChI is InChI=1S/C14H23N2O/c1-4-11(5-2)16-13-10-7-6-9(8-10)12(13)14(17)15(16)3/h9-10,12-13H,4-8H2,1-3H3/q+1/t9-,10+,12+,13-/m1/s1. The highest BCUT2D eigenvalue weighted by atomic mass is 16.2. The van der Waals surface area contributed by atoms with Crippen molar-refractivity contribution in [1.29, 1.82) is 0 Å². The molecule has 0 unspecified atom stereocenters. The predicted molar refractivity (Wildman–Crippen MR) is 66.7 cm³/mol. The molecule has 3 nitrogen and oxygen atoms in total. The second-order valence-electron chi connectivity index (χ2n) is 5.83. The van der Waals surface area contributed by atoms with E-state index < -0.39 is 0 Å². The van der Waals surface area contributed by atoms with Crippen LogP contribution in [0.2, 0.25) is 0 Å². The zero-order valence-electron chi connectivity index (χ0n) is 11.1. The van der Waals surface area contributed by atoms with Crippen molar-refractivity contribution in [3.63, 3.8) is 0 Å². The number of hydrazine groups is 1. The highest BCUT2D eigenvalue weighted by Crippen LogP contribution is 2.53. The number of fused-ring (bicyclic) bond motifs is 5. The molecule has 3 heteroatoms. The molecule has 1 saturated heterocycles. The molecule has 17 heavy (non-hydrogen) atoms. The maximum atomic E-state index is 12.4. The van der Waals surface area contributed by atoms with E-state index >= 15 is 0 Å². The Morgan fingerprint density at radius 3 is 2.59 bits per heavy atom. The fourth-order valence-electron chi connectivity index (χ4n) is 4.48. The number of nitrogens with zero attached hydrogens (tertiary/aromatic N) is 2. The SMILES string of the molecule is CCC(CC)=[N+]1[C@@H]2[C@H]3CC[C@H](C3)[C@@H]2C(=O)N1C. The number of amides is 1. The number of hydrogen-bond acceptors (Lipinski definition) is 1. The van der Waals surface area contributed by atoms with E-state index in [0.717, 1.165) is 18.8 Å². The topological polar surface area (TPSA) is 23.3 Å². The smallest absolute Gasteiger partial charge is 0.268 e. The van der Waals surface area contributed by atoms with Gasteiger partial charge in [-0.1, -0.05) is 13.8 Å². The fraction of sp³-hybridized carbons (Fsp3) is 0.857. The van der Waals surface area contributed by atoms with Crippen molar-refractivity contribution in [2.45, 2.75) is 52.0 Å². The zero-order chi connectivity index (χ0) is 12.2. The molecule has 4 atom stereocenters. The first-order chi connectivity index (χ1) is 8.19. The maximum Gasteiger partial charge on any atom is 0.287 e. The minimum Gasteiger partial charge on any atom is -0.268 e. The van der Waals surface area contributed by atoms with Gasteiger partial charge >= 0.3 is 0 Å². The molecule has 1 amide bonds. The van der Waals surface area contributed by atoms with Gasteiger partial charge in [-0.2, -0.15) is 0 Å². The maximum absolute atomic E-state index is 12.4. The molecule has 0 spiro atoms. The van der Waals surface area contributed by atoms with E-state index in [0.29, 0.717) is 23.8 Å². The third-order valence-electron chi connectivity index (χ3n) is 5.22. The van der Waals surface area contributed by atoms with Crippen LogP contribution in [-0.2, 0) is 4.79 Å². The largest absolute Gasteiger partial charge is 0.287 e. The molecule has 2 bridgehead atoms. The molecule has 0 radical (unpaired) electrons. The normalized spacial score (nSPS) is 39.1. The first-order valence-electron chi connectivity index (χ1n) is 7.10. The van der Waals surface area contributed by atoms with Gasteiger partial charge in [-0.3, -0.25) is 4.79 Å². The molecule has 3 aliphatic rings. The Balaban J connectivity index is 2.05. The van der Waals surface area contributed by atoms with Gasteiger partial charge in [-0.15, -0.1) is 9.69 Å². The lowest BCUT2D eigenvalue weighted by molar-refractivity contribution is -0.686. The number of hydrazone groups is 1. The van der Waals surface area contributed by atoms with E-state index in [9.17, 15) is 4.79 Å². The van der Waals surface area contributed by atoms with Gasteiger partial charge in [0.25, 0.3) is 5.91 Å². The summed E-state index contributed by atoms with van der Waals surface area (Å²) in [6.07, 6.45) is 6.05. The molecule has 1 heterocycles. The summed E-state index contributed by atoms with van der Waals surface area (Å²) in [6.45, 7) is 4.41. The summed E-state index contributed by atoms with van der Waals surface area (Å²) >= 11 is 0. The Morgan fingerprint density at radius 1 is 1.29 bits per heavy atom. The molecule has 0 aromatic rings. The average molecular weight is 235 g/mol. The van der Waals surface area contributed by atoms with Crippen LogP contribution >= 0.6 is 0 Å². The van der Waals surface area contributed by atoms with Crippen LogP contribution in [0.5, 0.6) is 0 Å². The highest BCUT2D eigenvalue weighted by molar-refractivity contribution is 5.84. The van der Waals surface area contributed by atoms with Crippen LogP contribution in [0.3, 0.4) is 0 Å². The lowest BCUT2D eigenvalue weighted by Crippen LogP contribution is -2.38. The zero-order valence-corrected chi connectivity index (χ0v) is 11.1. The molecule has 2 aliphatic carbocycles. The monoisotopic (exact) mass is 235 g/mol. The number of carbonyl (C=O) groups excluding carboxylic acids is 1. The van der Waals surface area contributed by atoms with Crippen LogP contribution in [0.15, 0.2) is 0 Å². The molecule has 94 valence electrons. The van der Waals surface area contributed by atoms with Crippen LogP contribution in [0.1, 0.15) is 46.0 Å². The van der Waals surface area contributed by atoms with E-state index in [1.807, 2.05) is 12.1 Å². The summed E-state index contributed by atoms with van der Waals surface area (Å²) in [5.74, 6) is 2.14. The predicted octanol–water partition coefficient (Wildman–Crippen LogP) is 2.06. The Hall–Kier alpha value is -0.860. The summed E-state index contributed by atoms with van der Waals surface area (Å²) < 4.78 is 2.36. The molecule has 0 aromatic heterocycles. The first kappa shape index (κ1) is 11.2. The fourth-order valence-corrected chi connectivity index (χ4v) is 4.48. The van der Waals surface area contributed by atoms with E-state index in [-0.39, 0.29) is 0 Å². The van der Waals surface area contributed by atoms with Crippen molar-refractivity contribution in [2.24, 2.45) is 17.8 Å². The number of carbonyl (C=O) groups is 1. The number of hydrogen-bond donors (Lipinski definition) is 0. The van der Waals surface area contributed by atoms with Gasteiger partial charge < -0.3 is 0 Å². The molecule has 0 N–H and O–H groups in total. The van der Waals surface area contributed by atoms with Crippen molar-refractivity contribution >= 4 is 11.6 Å². The van der Waals surface area contributed by atoms with Gasteiger partial charge in [0.2, 0.25) is 0 Å². The summed E-state index contributed by atoms with van der Waals surface area (Å²) in [4.78, 5) is 12.4. The average Bonchev–Trinajstić information content (AvgIpc) is 2.99. The third-order valence-corrected chi connectivity index (χ3v) is 5.22. The van der Waals surface area contributed by atoms with E-state index in [1.54, 1.807) is 0 Å². The van der Waals surface area contributed by atoms with E-state index in [4.69, 9.17) is 0 Å². The minimum absolute atomic E-state index is 0.312. The van der Waals surface area contributed by atoms with Gasteiger partial charge in [-0.05, 0) is 25.2 Å². The molecule has 3 rings (SSSR count). The van der Waals surface area contributed by atoms with Crippen LogP contribution in [0.4, 0.5) is 0 Å². The lowest BCUT2D eigenvalue weighted by atomic mass is 9.85. The van der Waals surface area contributed by atoms with Crippen LogP contribution < -0.4 is 0 Å². The van der Waals surface area contributed by atoms with Crippen molar-refractivity contribution < 1.29 is 9.48 Å². The molecule has 3 fully saturated rings. The van der Waals surface area contributed by atoms with Crippen molar-refractivity contribution in [3.8, 4) is 0 Å². The van der Waals surface area contributed by atoms with Crippen molar-refractivity contribution in [2.75, 3.05) is 7.05 Å². The van der Waals surface area contributed by atoms with Crippen molar-refractivity contribution in [1.82, 2.24) is 5.01 Å².